The van der Waals surface area contributed by atoms with Crippen LogP contribution in [0.4, 0.5) is 0 Å². The van der Waals surface area contributed by atoms with E-state index < -0.39 is 37.1 Å². The summed E-state index contributed by atoms with van der Waals surface area (Å²) in [5.74, 6) is -0.824. The molecule has 2 aromatic carbocycles. The Hall–Kier alpha value is -3.71. The SMILES string of the molecule is Cc1cc(C(O)NC[C@H](NC(=O)c2ccc(Oc3ccccc3)cc2)C(=O)N[C@@H](CC(C)C)B(O)O)n(C)n1. The van der Waals surface area contributed by atoms with Crippen LogP contribution in [0.3, 0.4) is 0 Å². The first-order chi connectivity index (χ1) is 18.5. The highest BCUT2D eigenvalue weighted by atomic mass is 16.5. The molecule has 39 heavy (non-hydrogen) atoms. The Morgan fingerprint density at radius 1 is 1.03 bits per heavy atom. The Balaban J connectivity index is 1.72. The summed E-state index contributed by atoms with van der Waals surface area (Å²) < 4.78 is 7.27. The van der Waals surface area contributed by atoms with E-state index in [4.69, 9.17) is 4.74 Å². The van der Waals surface area contributed by atoms with E-state index in [-0.39, 0.29) is 18.0 Å². The minimum atomic E-state index is -1.78. The van der Waals surface area contributed by atoms with E-state index in [1.807, 2.05) is 44.2 Å². The zero-order chi connectivity index (χ0) is 28.5. The number of carbonyl (C=O) groups is 2. The van der Waals surface area contributed by atoms with Gasteiger partial charge in [-0.15, -0.1) is 0 Å². The number of benzene rings is 2. The molecule has 3 atom stereocenters. The number of para-hydroxylation sites is 1. The maximum atomic E-state index is 13.2. The molecule has 0 saturated carbocycles. The second kappa shape index (κ2) is 13.9. The number of aliphatic hydroxyl groups excluding tert-OH is 1. The summed E-state index contributed by atoms with van der Waals surface area (Å²) in [5.41, 5.74) is 1.48. The van der Waals surface area contributed by atoms with Gasteiger partial charge in [0.2, 0.25) is 5.91 Å². The summed E-state index contributed by atoms with van der Waals surface area (Å²) in [6.07, 6.45) is -0.843. The molecule has 0 aliphatic carbocycles. The van der Waals surface area contributed by atoms with E-state index in [0.29, 0.717) is 29.3 Å². The van der Waals surface area contributed by atoms with Gasteiger partial charge in [-0.05, 0) is 61.7 Å². The molecule has 6 N–H and O–H groups in total. The van der Waals surface area contributed by atoms with E-state index >= 15 is 0 Å². The predicted molar refractivity (Wildman–Crippen MR) is 147 cm³/mol. The minimum Gasteiger partial charge on any atom is -0.457 e. The molecule has 0 aliphatic rings. The van der Waals surface area contributed by atoms with Gasteiger partial charge in [0.1, 0.15) is 23.8 Å². The molecule has 0 spiro atoms. The van der Waals surface area contributed by atoms with Gasteiger partial charge in [0.15, 0.2) is 0 Å². The number of nitrogens with zero attached hydrogens (tertiary/aromatic N) is 2. The van der Waals surface area contributed by atoms with Crippen LogP contribution in [0.2, 0.25) is 0 Å². The Kier molecular flexibility index (Phi) is 10.6. The Morgan fingerprint density at radius 2 is 1.67 bits per heavy atom. The molecule has 1 aromatic heterocycles. The van der Waals surface area contributed by atoms with Gasteiger partial charge in [0.25, 0.3) is 5.91 Å². The Morgan fingerprint density at radius 3 is 2.23 bits per heavy atom. The van der Waals surface area contributed by atoms with E-state index in [1.54, 1.807) is 44.3 Å². The smallest absolute Gasteiger partial charge is 0.457 e. The zero-order valence-electron chi connectivity index (χ0n) is 22.5. The van der Waals surface area contributed by atoms with Crippen molar-refractivity contribution in [1.82, 2.24) is 25.7 Å². The summed E-state index contributed by atoms with van der Waals surface area (Å²) in [5, 5.41) is 42.5. The van der Waals surface area contributed by atoms with Gasteiger partial charge in [-0.1, -0.05) is 32.0 Å². The lowest BCUT2D eigenvalue weighted by Gasteiger charge is -2.25. The number of aliphatic hydroxyl groups is 1. The monoisotopic (exact) mass is 537 g/mol. The number of ether oxygens (including phenoxy) is 1. The minimum absolute atomic E-state index is 0.0785. The molecule has 0 fully saturated rings. The number of nitrogens with one attached hydrogen (secondary N) is 3. The number of aromatic nitrogens is 2. The number of carbonyl (C=O) groups excluding carboxylic acids is 2. The summed E-state index contributed by atoms with van der Waals surface area (Å²) in [4.78, 5) is 26.2. The van der Waals surface area contributed by atoms with Crippen LogP contribution < -0.4 is 20.7 Å². The zero-order valence-corrected chi connectivity index (χ0v) is 22.5. The lowest BCUT2D eigenvalue weighted by Crippen LogP contribution is -2.57. The summed E-state index contributed by atoms with van der Waals surface area (Å²) in [6.45, 7) is 5.42. The molecular formula is C27H36BN5O6. The van der Waals surface area contributed by atoms with Crippen LogP contribution in [0.25, 0.3) is 0 Å². The van der Waals surface area contributed by atoms with Gasteiger partial charge < -0.3 is 30.5 Å². The van der Waals surface area contributed by atoms with Crippen LogP contribution in [-0.2, 0) is 11.8 Å². The lowest BCUT2D eigenvalue weighted by molar-refractivity contribution is -0.123. The van der Waals surface area contributed by atoms with Crippen LogP contribution in [0.1, 0.15) is 48.2 Å². The van der Waals surface area contributed by atoms with Gasteiger partial charge in [-0.25, -0.2) is 0 Å². The topological polar surface area (TPSA) is 158 Å². The van der Waals surface area contributed by atoms with Crippen molar-refractivity contribution in [3.63, 3.8) is 0 Å². The number of hydrogen-bond donors (Lipinski definition) is 6. The fourth-order valence-electron chi connectivity index (χ4n) is 4.02. The number of aryl methyl sites for hydroxylation is 2. The van der Waals surface area contributed by atoms with Crippen molar-refractivity contribution in [1.29, 1.82) is 0 Å². The number of rotatable bonds is 13. The molecule has 12 heteroatoms. The number of amides is 2. The predicted octanol–water partition coefficient (Wildman–Crippen LogP) is 1.44. The molecule has 1 unspecified atom stereocenters. The third-order valence-electron chi connectivity index (χ3n) is 5.96. The first kappa shape index (κ1) is 29.8. The highest BCUT2D eigenvalue weighted by Gasteiger charge is 2.30. The first-order valence-corrected chi connectivity index (χ1v) is 12.8. The van der Waals surface area contributed by atoms with Gasteiger partial charge in [0, 0.05) is 19.2 Å². The third-order valence-corrected chi connectivity index (χ3v) is 5.96. The average Bonchev–Trinajstić information content (AvgIpc) is 3.24. The normalized spacial score (nSPS) is 13.4. The van der Waals surface area contributed by atoms with Crippen LogP contribution >= 0.6 is 0 Å². The van der Waals surface area contributed by atoms with E-state index in [2.05, 4.69) is 21.0 Å². The van der Waals surface area contributed by atoms with Crippen molar-refractivity contribution < 1.29 is 29.5 Å². The van der Waals surface area contributed by atoms with Crippen LogP contribution in [0, 0.1) is 12.8 Å². The molecule has 1 heterocycles. The van der Waals surface area contributed by atoms with E-state index in [1.165, 1.54) is 4.68 Å². The molecule has 0 radical (unpaired) electrons. The van der Waals surface area contributed by atoms with Gasteiger partial charge in [-0.2, -0.15) is 5.10 Å². The molecule has 11 nitrogen and oxygen atoms in total. The van der Waals surface area contributed by atoms with Crippen molar-refractivity contribution in [3.8, 4) is 11.5 Å². The van der Waals surface area contributed by atoms with Crippen molar-refractivity contribution in [2.45, 2.75) is 45.4 Å². The molecule has 3 aromatic rings. The highest BCUT2D eigenvalue weighted by molar-refractivity contribution is 6.43. The highest BCUT2D eigenvalue weighted by Crippen LogP contribution is 2.21. The maximum absolute atomic E-state index is 13.2. The Bertz CT molecular complexity index is 1220. The fourth-order valence-corrected chi connectivity index (χ4v) is 4.02. The lowest BCUT2D eigenvalue weighted by atomic mass is 9.75. The van der Waals surface area contributed by atoms with Crippen LogP contribution in [-0.4, -0.2) is 62.4 Å². The summed E-state index contributed by atoms with van der Waals surface area (Å²) in [6, 6.07) is 16.2. The Labute approximate surface area is 228 Å². The maximum Gasteiger partial charge on any atom is 0.475 e. The van der Waals surface area contributed by atoms with Gasteiger partial charge in [0.05, 0.1) is 17.3 Å². The average molecular weight is 537 g/mol. The van der Waals surface area contributed by atoms with Crippen molar-refractivity contribution >= 4 is 18.9 Å². The summed E-state index contributed by atoms with van der Waals surface area (Å²) >= 11 is 0. The largest absolute Gasteiger partial charge is 0.475 e. The van der Waals surface area contributed by atoms with E-state index in [0.717, 1.165) is 0 Å². The second-order valence-corrected chi connectivity index (χ2v) is 9.77. The molecule has 208 valence electrons. The van der Waals surface area contributed by atoms with Gasteiger partial charge >= 0.3 is 7.12 Å². The molecule has 0 bridgehead atoms. The van der Waals surface area contributed by atoms with Crippen molar-refractivity contribution in [2.75, 3.05) is 6.54 Å². The van der Waals surface area contributed by atoms with Crippen molar-refractivity contribution in [2.24, 2.45) is 13.0 Å². The number of hydrogen-bond acceptors (Lipinski definition) is 8. The summed E-state index contributed by atoms with van der Waals surface area (Å²) in [7, 11) is -0.0930. The van der Waals surface area contributed by atoms with Gasteiger partial charge in [-0.3, -0.25) is 19.6 Å². The standard InChI is InChI=1S/C27H36BN5O6/c1-17(2)14-24(28(37)38)31-26(35)22(16-29-27(36)23-15-18(3)32-33(23)4)30-25(34)19-10-12-21(13-11-19)39-20-8-6-5-7-9-20/h5-13,15,17,22,24,27,29,36-38H,14,16H2,1-4H3,(H,30,34)(H,31,35)/t22-,24-,27?/m0/s1. The first-order valence-electron chi connectivity index (χ1n) is 12.8. The quantitative estimate of drug-likeness (QED) is 0.141. The third kappa shape index (κ3) is 8.93. The molecule has 2 amide bonds. The fraction of sp³-hybridized carbons (Fsp3) is 0.370. The second-order valence-electron chi connectivity index (χ2n) is 9.77. The van der Waals surface area contributed by atoms with E-state index in [9.17, 15) is 24.7 Å². The molecule has 0 aliphatic heterocycles. The van der Waals surface area contributed by atoms with Crippen LogP contribution in [0.5, 0.6) is 11.5 Å². The molecular weight excluding hydrogens is 501 g/mol. The van der Waals surface area contributed by atoms with Crippen molar-refractivity contribution in [3.05, 3.63) is 77.6 Å². The molecule has 0 saturated heterocycles. The molecule has 3 rings (SSSR count). The van der Waals surface area contributed by atoms with Crippen LogP contribution in [0.15, 0.2) is 60.7 Å².